The number of carbonyl (C=O) groups is 7. The first-order chi connectivity index (χ1) is 28.2. The molecule has 1 aromatic heterocycles. The van der Waals surface area contributed by atoms with Crippen molar-refractivity contribution in [2.75, 3.05) is 26.3 Å². The number of Topliss-reactive ketones (excluding diaryl/α,β-unsaturated/α-hetero) is 1. The molecule has 0 saturated carbocycles. The summed E-state index contributed by atoms with van der Waals surface area (Å²) in [5.74, 6) is -8.14. The molecule has 3 aromatic rings. The molecule has 9 N–H and O–H groups in total. The quantitative estimate of drug-likeness (QED) is 0.0675. The van der Waals surface area contributed by atoms with Gasteiger partial charge in [-0.3, -0.25) is 28.8 Å². The van der Waals surface area contributed by atoms with Crippen LogP contribution in [0.25, 0.3) is 11.1 Å². The van der Waals surface area contributed by atoms with E-state index < -0.39 is 115 Å². The Hall–Kier alpha value is -6.05. The van der Waals surface area contributed by atoms with Gasteiger partial charge in [-0.15, -0.1) is 0 Å². The number of ketones is 1. The molecule has 0 aliphatic heterocycles. The van der Waals surface area contributed by atoms with Gasteiger partial charge in [0.05, 0.1) is 25.1 Å². The van der Waals surface area contributed by atoms with Crippen molar-refractivity contribution in [2.24, 2.45) is 11.1 Å². The molecule has 0 aliphatic carbocycles. The highest BCUT2D eigenvalue weighted by Crippen LogP contribution is 2.41. The highest BCUT2D eigenvalue weighted by atomic mass is 19.1. The van der Waals surface area contributed by atoms with Crippen molar-refractivity contribution < 1.29 is 62.8 Å². The number of aliphatic hydroxyl groups is 2. The Morgan fingerprint density at radius 2 is 1.52 bits per heavy atom. The summed E-state index contributed by atoms with van der Waals surface area (Å²) in [6.45, 7) is 2.98. The molecule has 17 nitrogen and oxygen atoms in total. The Labute approximate surface area is 344 Å². The number of aliphatic carboxylic acids is 2. The van der Waals surface area contributed by atoms with Crippen molar-refractivity contribution in [3.63, 3.8) is 0 Å². The molecule has 1 heterocycles. The average molecular weight is 843 g/mol. The van der Waals surface area contributed by atoms with Gasteiger partial charge in [-0.05, 0) is 41.7 Å². The standard InChI is InChI=1S/C41H52F2N6O11/c1-41(2,3)37(33-17-25(28-18-26(42)9-12-29(28)43)21-48(33)20-24-7-5-4-6-8-24)49(35(54)23-51)16-15-30(44)38(57)47-31(40(59)60)19-45-39(58)32(22-50)46-34(53)13-10-27(52)11-14-36(55)56/h4-9,12,17-18,21,30-32,37,50-51H,10-11,13-16,19-20,22-23,44H2,1-3H3,(H,45,58)(H,46,53)(H,47,57)(H,55,56)(H,59,60)/t30-,31+,32-,37-/m0/s1. The fourth-order valence-electron chi connectivity index (χ4n) is 6.40. The third kappa shape index (κ3) is 14.3. The smallest absolute Gasteiger partial charge is 0.328 e. The summed E-state index contributed by atoms with van der Waals surface area (Å²) in [6.07, 6.45) is -0.0222. The highest BCUT2D eigenvalue weighted by Gasteiger charge is 2.38. The first kappa shape index (κ1) is 48.3. The van der Waals surface area contributed by atoms with Crippen LogP contribution in [0, 0.1) is 17.0 Å². The van der Waals surface area contributed by atoms with Crippen molar-refractivity contribution >= 4 is 41.4 Å². The van der Waals surface area contributed by atoms with Gasteiger partial charge in [0.1, 0.15) is 36.1 Å². The SMILES string of the molecule is CC(C)(C)[C@H](c1cc(-c2cc(F)ccc2F)cn1Cc1ccccc1)N(CC[C@H](N)C(=O)N[C@H](CNC(=O)[C@H](CO)NC(=O)CCC(=O)CCC(=O)O)C(=O)O)C(=O)CO. The lowest BCUT2D eigenvalue weighted by atomic mass is 9.82. The number of hydrogen-bond acceptors (Lipinski definition) is 10. The lowest BCUT2D eigenvalue weighted by Crippen LogP contribution is -2.56. The number of nitrogens with two attached hydrogens (primary N) is 1. The molecule has 0 fully saturated rings. The number of nitrogens with zero attached hydrogens (tertiary/aromatic N) is 2. The normalized spacial score (nSPS) is 13.3. The molecule has 4 atom stereocenters. The first-order valence-corrected chi connectivity index (χ1v) is 19.1. The van der Waals surface area contributed by atoms with E-state index in [9.17, 15) is 53.3 Å². The first-order valence-electron chi connectivity index (χ1n) is 19.1. The maximum Gasteiger partial charge on any atom is 0.328 e. The van der Waals surface area contributed by atoms with Crippen LogP contribution in [0.1, 0.15) is 70.2 Å². The number of amides is 4. The van der Waals surface area contributed by atoms with E-state index in [1.54, 1.807) is 16.8 Å². The van der Waals surface area contributed by atoms with Crippen molar-refractivity contribution in [3.8, 4) is 11.1 Å². The van der Waals surface area contributed by atoms with Crippen LogP contribution in [0.3, 0.4) is 0 Å². The maximum atomic E-state index is 15.1. The largest absolute Gasteiger partial charge is 0.481 e. The summed E-state index contributed by atoms with van der Waals surface area (Å²) < 4.78 is 31.2. The van der Waals surface area contributed by atoms with Gasteiger partial charge in [0.25, 0.3) is 0 Å². The number of carboxylic acids is 2. The number of rotatable bonds is 23. The van der Waals surface area contributed by atoms with Crippen molar-refractivity contribution in [1.29, 1.82) is 0 Å². The molecule has 0 radical (unpaired) electrons. The van der Waals surface area contributed by atoms with Gasteiger partial charge in [-0.2, -0.15) is 0 Å². The van der Waals surface area contributed by atoms with Gasteiger partial charge in [0.15, 0.2) is 0 Å². The van der Waals surface area contributed by atoms with E-state index in [0.29, 0.717) is 11.3 Å². The third-order valence-corrected chi connectivity index (χ3v) is 9.43. The minimum atomic E-state index is -1.74. The van der Waals surface area contributed by atoms with Gasteiger partial charge in [0.2, 0.25) is 23.6 Å². The van der Waals surface area contributed by atoms with Crippen molar-refractivity contribution in [2.45, 2.75) is 83.6 Å². The molecule has 4 amide bonds. The molecule has 0 aliphatic rings. The summed E-state index contributed by atoms with van der Waals surface area (Å²) in [4.78, 5) is 87.5. The topological polar surface area (TPSA) is 271 Å². The fraction of sp³-hybridized carbons (Fsp3) is 0.439. The molecule has 2 aromatic carbocycles. The predicted molar refractivity (Wildman–Crippen MR) is 212 cm³/mol. The zero-order valence-corrected chi connectivity index (χ0v) is 33.5. The summed E-state index contributed by atoms with van der Waals surface area (Å²) in [5, 5.41) is 44.9. The molecule has 3 rings (SSSR count). The Balaban J connectivity index is 1.77. The van der Waals surface area contributed by atoms with Crippen LogP contribution in [0.5, 0.6) is 0 Å². The summed E-state index contributed by atoms with van der Waals surface area (Å²) >= 11 is 0. The maximum absolute atomic E-state index is 15.1. The second-order valence-electron chi connectivity index (χ2n) is 15.2. The van der Waals surface area contributed by atoms with Crippen molar-refractivity contribution in [3.05, 3.63) is 83.7 Å². The minimum Gasteiger partial charge on any atom is -0.481 e. The van der Waals surface area contributed by atoms with Crippen LogP contribution in [-0.2, 0) is 40.1 Å². The number of halogens is 2. The van der Waals surface area contributed by atoms with Gasteiger partial charge >= 0.3 is 11.9 Å². The molecule has 0 bridgehead atoms. The highest BCUT2D eigenvalue weighted by molar-refractivity contribution is 5.91. The van der Waals surface area contributed by atoms with E-state index in [2.05, 4.69) is 16.0 Å². The zero-order valence-electron chi connectivity index (χ0n) is 33.5. The monoisotopic (exact) mass is 842 g/mol. The number of benzene rings is 2. The van der Waals surface area contributed by atoms with E-state index >= 15 is 4.39 Å². The van der Waals surface area contributed by atoms with Crippen LogP contribution >= 0.6 is 0 Å². The van der Waals surface area contributed by atoms with Crippen LogP contribution in [0.4, 0.5) is 8.78 Å². The summed E-state index contributed by atoms with van der Waals surface area (Å²) in [5.41, 5.74) is 7.07. The zero-order chi connectivity index (χ0) is 44.7. The van der Waals surface area contributed by atoms with E-state index in [-0.39, 0.29) is 37.9 Å². The number of hydrogen-bond donors (Lipinski definition) is 8. The van der Waals surface area contributed by atoms with E-state index in [1.807, 2.05) is 51.1 Å². The molecule has 60 heavy (non-hydrogen) atoms. The number of carboxylic acid groups (broad SMARTS) is 2. The van der Waals surface area contributed by atoms with E-state index in [1.165, 1.54) is 4.90 Å². The lowest BCUT2D eigenvalue weighted by Gasteiger charge is -2.41. The molecule has 0 spiro atoms. The minimum absolute atomic E-state index is 0.0188. The van der Waals surface area contributed by atoms with Crippen LogP contribution in [-0.4, -0.2) is 116 Å². The average Bonchev–Trinajstić information content (AvgIpc) is 3.60. The van der Waals surface area contributed by atoms with Gasteiger partial charge in [0, 0.05) is 61.9 Å². The third-order valence-electron chi connectivity index (χ3n) is 9.43. The second kappa shape index (κ2) is 22.4. The van der Waals surface area contributed by atoms with Gasteiger partial charge < -0.3 is 51.6 Å². The number of nitrogens with one attached hydrogen (secondary N) is 3. The lowest BCUT2D eigenvalue weighted by molar-refractivity contribution is -0.142. The molecule has 19 heteroatoms. The van der Waals surface area contributed by atoms with Crippen molar-refractivity contribution in [1.82, 2.24) is 25.4 Å². The van der Waals surface area contributed by atoms with Gasteiger partial charge in [-0.25, -0.2) is 13.6 Å². The van der Waals surface area contributed by atoms with Crippen LogP contribution in [0.2, 0.25) is 0 Å². The van der Waals surface area contributed by atoms with E-state index in [0.717, 1.165) is 23.8 Å². The molecular weight excluding hydrogens is 790 g/mol. The predicted octanol–water partition coefficient (Wildman–Crippen LogP) is 1.48. The second-order valence-corrected chi connectivity index (χ2v) is 15.2. The molecule has 0 saturated heterocycles. The van der Waals surface area contributed by atoms with E-state index in [4.69, 9.17) is 10.8 Å². The van der Waals surface area contributed by atoms with Crippen LogP contribution < -0.4 is 21.7 Å². The van der Waals surface area contributed by atoms with Crippen LogP contribution in [0.15, 0.2) is 60.8 Å². The molecular formula is C41H52F2N6O11. The Morgan fingerprint density at radius 3 is 2.12 bits per heavy atom. The summed E-state index contributed by atoms with van der Waals surface area (Å²) in [7, 11) is 0. The fourth-order valence-corrected chi connectivity index (χ4v) is 6.40. The Bertz CT molecular complexity index is 2000. The number of aromatic nitrogens is 1. The molecule has 326 valence electrons. The number of carbonyl (C=O) groups excluding carboxylic acids is 5. The summed E-state index contributed by atoms with van der Waals surface area (Å²) in [6, 6.07) is 8.36. The molecule has 0 unspecified atom stereocenters. The Kier molecular flexibility index (Phi) is 18.0. The van der Waals surface area contributed by atoms with Gasteiger partial charge in [-0.1, -0.05) is 51.1 Å². The number of aliphatic hydroxyl groups excluding tert-OH is 2. The Morgan fingerprint density at radius 1 is 0.850 bits per heavy atom.